The molecule has 1 aliphatic rings. The van der Waals surface area contributed by atoms with Crippen LogP contribution in [0.15, 0.2) is 54.7 Å². The van der Waals surface area contributed by atoms with Crippen molar-refractivity contribution in [2.75, 3.05) is 41.8 Å². The van der Waals surface area contributed by atoms with E-state index in [4.69, 9.17) is 4.74 Å². The van der Waals surface area contributed by atoms with E-state index >= 15 is 0 Å². The first kappa shape index (κ1) is 18.1. The molecular weight excluding hydrogens is 364 g/mol. The molecule has 1 fully saturated rings. The molecule has 2 aromatic carbocycles. The standard InChI is InChI=1S/C20H19F2N5O/c21-14-5-6-16(15(22)13-14)25-20-23-8-7-19(26-20)24-17-3-1-2-4-18(17)27-9-11-28-12-10-27/h1-8,13H,9-12H2,(H2,23,24,25,26). The van der Waals surface area contributed by atoms with Gasteiger partial charge in [0.25, 0.3) is 0 Å². The van der Waals surface area contributed by atoms with Gasteiger partial charge in [0.15, 0.2) is 0 Å². The minimum absolute atomic E-state index is 0.104. The predicted octanol–water partition coefficient (Wildman–Crippen LogP) is 4.08. The molecule has 0 bridgehead atoms. The zero-order valence-electron chi connectivity index (χ0n) is 15.0. The molecule has 144 valence electrons. The van der Waals surface area contributed by atoms with Gasteiger partial charge < -0.3 is 20.3 Å². The molecular formula is C20H19F2N5O. The van der Waals surface area contributed by atoms with E-state index in [1.165, 1.54) is 12.1 Å². The number of para-hydroxylation sites is 2. The molecule has 0 aliphatic carbocycles. The number of benzene rings is 2. The number of hydrogen-bond donors (Lipinski definition) is 2. The summed E-state index contributed by atoms with van der Waals surface area (Å²) in [6.45, 7) is 3.02. The summed E-state index contributed by atoms with van der Waals surface area (Å²) >= 11 is 0. The van der Waals surface area contributed by atoms with Gasteiger partial charge in [0.1, 0.15) is 17.5 Å². The van der Waals surface area contributed by atoms with Gasteiger partial charge in [-0.15, -0.1) is 0 Å². The van der Waals surface area contributed by atoms with Crippen molar-refractivity contribution in [3.05, 3.63) is 66.4 Å². The van der Waals surface area contributed by atoms with E-state index in [9.17, 15) is 8.78 Å². The number of hydrogen-bond acceptors (Lipinski definition) is 6. The highest BCUT2D eigenvalue weighted by molar-refractivity contribution is 5.74. The first-order valence-corrected chi connectivity index (χ1v) is 8.93. The van der Waals surface area contributed by atoms with Gasteiger partial charge in [0.05, 0.1) is 30.3 Å². The Morgan fingerprint density at radius 3 is 2.57 bits per heavy atom. The summed E-state index contributed by atoms with van der Waals surface area (Å²) in [5.74, 6) is -0.584. The number of anilines is 5. The second-order valence-corrected chi connectivity index (χ2v) is 6.26. The van der Waals surface area contributed by atoms with Gasteiger partial charge >= 0.3 is 0 Å². The second-order valence-electron chi connectivity index (χ2n) is 6.26. The Bertz CT molecular complexity index is 963. The van der Waals surface area contributed by atoms with Crippen LogP contribution >= 0.6 is 0 Å². The SMILES string of the molecule is Fc1ccc(Nc2nccc(Nc3ccccc3N3CCOCC3)n2)c(F)c1. The molecule has 8 heteroatoms. The lowest BCUT2D eigenvalue weighted by atomic mass is 10.2. The van der Waals surface area contributed by atoms with Crippen molar-refractivity contribution in [2.45, 2.75) is 0 Å². The van der Waals surface area contributed by atoms with Crippen LogP contribution in [-0.4, -0.2) is 36.3 Å². The molecule has 0 atom stereocenters. The molecule has 6 nitrogen and oxygen atoms in total. The molecule has 2 N–H and O–H groups in total. The first-order valence-electron chi connectivity index (χ1n) is 8.93. The summed E-state index contributed by atoms with van der Waals surface area (Å²) in [4.78, 5) is 10.7. The van der Waals surface area contributed by atoms with E-state index in [1.807, 2.05) is 24.3 Å². The van der Waals surface area contributed by atoms with E-state index in [0.717, 1.165) is 30.5 Å². The Morgan fingerprint density at radius 2 is 1.75 bits per heavy atom. The molecule has 0 spiro atoms. The minimum atomic E-state index is -0.709. The third-order valence-electron chi connectivity index (χ3n) is 4.35. The van der Waals surface area contributed by atoms with E-state index in [0.29, 0.717) is 19.0 Å². The fourth-order valence-electron chi connectivity index (χ4n) is 3.00. The average molecular weight is 383 g/mol. The molecule has 1 saturated heterocycles. The molecule has 0 saturated carbocycles. The van der Waals surface area contributed by atoms with Gasteiger partial charge in [-0.25, -0.2) is 13.8 Å². The normalized spacial score (nSPS) is 14.0. The number of nitrogens with zero attached hydrogens (tertiary/aromatic N) is 3. The quantitative estimate of drug-likeness (QED) is 0.692. The highest BCUT2D eigenvalue weighted by atomic mass is 19.1. The van der Waals surface area contributed by atoms with Gasteiger partial charge in [-0.05, 0) is 30.3 Å². The van der Waals surface area contributed by atoms with Gasteiger partial charge in [-0.3, -0.25) is 0 Å². The number of aromatic nitrogens is 2. The third kappa shape index (κ3) is 4.17. The minimum Gasteiger partial charge on any atom is -0.378 e. The Hall–Kier alpha value is -3.26. The van der Waals surface area contributed by atoms with Crippen molar-refractivity contribution in [1.82, 2.24) is 9.97 Å². The molecule has 1 aromatic heterocycles. The summed E-state index contributed by atoms with van der Waals surface area (Å²) in [5.41, 5.74) is 2.07. The average Bonchev–Trinajstić information content (AvgIpc) is 2.72. The lowest BCUT2D eigenvalue weighted by Crippen LogP contribution is -2.36. The second kappa shape index (κ2) is 8.18. The van der Waals surface area contributed by atoms with Crippen LogP contribution in [0.25, 0.3) is 0 Å². The van der Waals surface area contributed by atoms with Crippen LogP contribution in [-0.2, 0) is 4.74 Å². The number of halogens is 2. The van der Waals surface area contributed by atoms with E-state index in [2.05, 4.69) is 25.5 Å². The Morgan fingerprint density at radius 1 is 0.929 bits per heavy atom. The third-order valence-corrected chi connectivity index (χ3v) is 4.35. The molecule has 3 aromatic rings. The number of morpholine rings is 1. The van der Waals surface area contributed by atoms with Gasteiger partial charge in [-0.2, -0.15) is 4.98 Å². The Labute approximate surface area is 161 Å². The Balaban J connectivity index is 1.54. The van der Waals surface area contributed by atoms with E-state index in [1.54, 1.807) is 12.3 Å². The molecule has 2 heterocycles. The van der Waals surface area contributed by atoms with Crippen LogP contribution in [0.3, 0.4) is 0 Å². The fraction of sp³-hybridized carbons (Fsp3) is 0.200. The van der Waals surface area contributed by atoms with Crippen LogP contribution in [0.4, 0.5) is 37.6 Å². The molecule has 1 aliphatic heterocycles. The van der Waals surface area contributed by atoms with Crippen LogP contribution in [0.5, 0.6) is 0 Å². The van der Waals surface area contributed by atoms with Gasteiger partial charge in [0, 0.05) is 25.4 Å². The summed E-state index contributed by atoms with van der Waals surface area (Å²) in [5, 5.41) is 6.07. The van der Waals surface area contributed by atoms with Gasteiger partial charge in [-0.1, -0.05) is 12.1 Å². The zero-order valence-corrected chi connectivity index (χ0v) is 15.0. The van der Waals surface area contributed by atoms with Gasteiger partial charge in [0.2, 0.25) is 5.95 Å². The highest BCUT2D eigenvalue weighted by Crippen LogP contribution is 2.29. The topological polar surface area (TPSA) is 62.3 Å². The van der Waals surface area contributed by atoms with Crippen molar-refractivity contribution < 1.29 is 13.5 Å². The summed E-state index contributed by atoms with van der Waals surface area (Å²) in [7, 11) is 0. The maximum absolute atomic E-state index is 13.9. The van der Waals surface area contributed by atoms with E-state index < -0.39 is 11.6 Å². The van der Waals surface area contributed by atoms with Crippen molar-refractivity contribution in [3.63, 3.8) is 0 Å². The summed E-state index contributed by atoms with van der Waals surface area (Å²) in [6, 6.07) is 13.0. The van der Waals surface area contributed by atoms with Crippen LogP contribution in [0, 0.1) is 11.6 Å². The predicted molar refractivity (Wildman–Crippen MR) is 104 cm³/mol. The largest absolute Gasteiger partial charge is 0.378 e. The number of ether oxygens (including phenoxy) is 1. The molecule has 4 rings (SSSR count). The van der Waals surface area contributed by atoms with Crippen LogP contribution < -0.4 is 15.5 Å². The fourth-order valence-corrected chi connectivity index (χ4v) is 3.00. The smallest absolute Gasteiger partial charge is 0.229 e. The molecule has 28 heavy (non-hydrogen) atoms. The lowest BCUT2D eigenvalue weighted by molar-refractivity contribution is 0.123. The first-order chi connectivity index (χ1) is 13.7. The molecule has 0 amide bonds. The molecule has 0 unspecified atom stereocenters. The summed E-state index contributed by atoms with van der Waals surface area (Å²) < 4.78 is 32.3. The maximum Gasteiger partial charge on any atom is 0.229 e. The lowest BCUT2D eigenvalue weighted by Gasteiger charge is -2.30. The monoisotopic (exact) mass is 383 g/mol. The summed E-state index contributed by atoms with van der Waals surface area (Å²) in [6.07, 6.45) is 1.57. The van der Waals surface area contributed by atoms with Crippen molar-refractivity contribution in [1.29, 1.82) is 0 Å². The van der Waals surface area contributed by atoms with Crippen molar-refractivity contribution in [2.24, 2.45) is 0 Å². The van der Waals surface area contributed by atoms with Crippen LogP contribution in [0.2, 0.25) is 0 Å². The molecule has 0 radical (unpaired) electrons. The number of rotatable bonds is 5. The van der Waals surface area contributed by atoms with E-state index in [-0.39, 0.29) is 11.6 Å². The van der Waals surface area contributed by atoms with Crippen molar-refractivity contribution >= 4 is 28.8 Å². The maximum atomic E-state index is 13.9. The number of nitrogens with one attached hydrogen (secondary N) is 2. The van der Waals surface area contributed by atoms with Crippen LogP contribution in [0.1, 0.15) is 0 Å². The Kier molecular flexibility index (Phi) is 5.29. The highest BCUT2D eigenvalue weighted by Gasteiger charge is 2.15. The van der Waals surface area contributed by atoms with Crippen molar-refractivity contribution in [3.8, 4) is 0 Å². The zero-order chi connectivity index (χ0) is 19.3.